The quantitative estimate of drug-likeness (QED) is 0.452. The van der Waals surface area contributed by atoms with E-state index in [0.717, 1.165) is 0 Å². The molecular formula is C12H12N2O5. The smallest absolute Gasteiger partial charge is 0.329 e. The van der Waals surface area contributed by atoms with Crippen LogP contribution in [0.1, 0.15) is 12.5 Å². The Morgan fingerprint density at radius 3 is 2.68 bits per heavy atom. The number of non-ortho nitro benzene ring substituents is 1. The van der Waals surface area contributed by atoms with Gasteiger partial charge in [-0.15, -0.1) is 0 Å². The molecule has 0 saturated carbocycles. The van der Waals surface area contributed by atoms with Crippen molar-refractivity contribution in [3.63, 3.8) is 0 Å². The van der Waals surface area contributed by atoms with E-state index in [-0.39, 0.29) is 18.0 Å². The van der Waals surface area contributed by atoms with Crippen LogP contribution in [0.2, 0.25) is 0 Å². The fourth-order valence-electron chi connectivity index (χ4n) is 2.27. The zero-order chi connectivity index (χ0) is 14.2. The number of anilines is 1. The molecule has 1 heterocycles. The molecule has 1 aromatic carbocycles. The van der Waals surface area contributed by atoms with Crippen molar-refractivity contribution in [2.24, 2.45) is 0 Å². The molecule has 1 amide bonds. The van der Waals surface area contributed by atoms with Gasteiger partial charge in [-0.2, -0.15) is 0 Å². The summed E-state index contributed by atoms with van der Waals surface area (Å²) in [6, 6.07) is 3.43. The lowest BCUT2D eigenvalue weighted by Gasteiger charge is -2.21. The lowest BCUT2D eigenvalue weighted by atomic mass is 10.1. The van der Waals surface area contributed by atoms with Crippen molar-refractivity contribution in [3.05, 3.63) is 33.9 Å². The number of esters is 1. The maximum atomic E-state index is 11.7. The van der Waals surface area contributed by atoms with E-state index < -0.39 is 16.9 Å². The number of carbonyl (C=O) groups is 2. The summed E-state index contributed by atoms with van der Waals surface area (Å²) >= 11 is 0. The van der Waals surface area contributed by atoms with Crippen molar-refractivity contribution in [3.8, 4) is 0 Å². The molecule has 1 aliphatic rings. The molecule has 100 valence electrons. The van der Waals surface area contributed by atoms with Crippen LogP contribution in [-0.2, 0) is 20.7 Å². The maximum absolute atomic E-state index is 11.7. The first kappa shape index (κ1) is 13.0. The summed E-state index contributed by atoms with van der Waals surface area (Å²) in [7, 11) is 1.24. The largest absolute Gasteiger partial charge is 0.467 e. The van der Waals surface area contributed by atoms with E-state index in [1.165, 1.54) is 37.1 Å². The number of rotatable bonds is 2. The summed E-state index contributed by atoms with van der Waals surface area (Å²) in [5.41, 5.74) is 1.06. The molecule has 19 heavy (non-hydrogen) atoms. The zero-order valence-electron chi connectivity index (χ0n) is 10.5. The van der Waals surface area contributed by atoms with Gasteiger partial charge in [-0.25, -0.2) is 4.79 Å². The third-order valence-corrected chi connectivity index (χ3v) is 3.07. The van der Waals surface area contributed by atoms with E-state index >= 15 is 0 Å². The van der Waals surface area contributed by atoms with Crippen LogP contribution in [0.15, 0.2) is 18.2 Å². The molecule has 0 fully saturated rings. The van der Waals surface area contributed by atoms with Crippen molar-refractivity contribution in [2.45, 2.75) is 19.4 Å². The second-order valence-corrected chi connectivity index (χ2v) is 4.20. The summed E-state index contributed by atoms with van der Waals surface area (Å²) in [4.78, 5) is 34.8. The number of hydrogen-bond donors (Lipinski definition) is 0. The van der Waals surface area contributed by atoms with Gasteiger partial charge in [0.05, 0.1) is 12.0 Å². The Morgan fingerprint density at radius 2 is 2.16 bits per heavy atom. The normalized spacial score (nSPS) is 16.9. The van der Waals surface area contributed by atoms with Crippen molar-refractivity contribution in [2.75, 3.05) is 12.0 Å². The SMILES string of the molecule is COC(=O)C1Cc2cc([N+](=O)[O-])ccc2N1C(C)=O. The van der Waals surface area contributed by atoms with Crippen LogP contribution in [0, 0.1) is 10.1 Å². The van der Waals surface area contributed by atoms with Crippen molar-refractivity contribution in [1.82, 2.24) is 0 Å². The van der Waals surface area contributed by atoms with Gasteiger partial charge in [0.2, 0.25) is 5.91 Å². The molecule has 0 N–H and O–H groups in total. The van der Waals surface area contributed by atoms with E-state index in [9.17, 15) is 19.7 Å². The van der Waals surface area contributed by atoms with E-state index in [1.54, 1.807) is 0 Å². The fourth-order valence-corrected chi connectivity index (χ4v) is 2.27. The van der Waals surface area contributed by atoms with Gasteiger partial charge in [-0.3, -0.25) is 19.8 Å². The van der Waals surface area contributed by atoms with Crippen LogP contribution in [0.3, 0.4) is 0 Å². The summed E-state index contributed by atoms with van der Waals surface area (Å²) in [6.45, 7) is 1.34. The first-order chi connectivity index (χ1) is 8.95. The highest BCUT2D eigenvalue weighted by Gasteiger charge is 2.38. The van der Waals surface area contributed by atoms with Gasteiger partial charge >= 0.3 is 5.97 Å². The summed E-state index contributed by atoms with van der Waals surface area (Å²) in [5, 5.41) is 10.7. The lowest BCUT2D eigenvalue weighted by Crippen LogP contribution is -2.42. The number of carbonyl (C=O) groups excluding carboxylic acids is 2. The Bertz CT molecular complexity index is 569. The highest BCUT2D eigenvalue weighted by molar-refractivity contribution is 6.01. The Balaban J connectivity index is 2.46. The minimum absolute atomic E-state index is 0.0623. The number of nitrogens with zero attached hydrogens (tertiary/aromatic N) is 2. The number of nitro benzene ring substituents is 1. The van der Waals surface area contributed by atoms with Crippen LogP contribution in [0.25, 0.3) is 0 Å². The number of benzene rings is 1. The van der Waals surface area contributed by atoms with Gasteiger partial charge in [-0.1, -0.05) is 0 Å². The molecule has 0 aliphatic carbocycles. The highest BCUT2D eigenvalue weighted by Crippen LogP contribution is 2.35. The Hall–Kier alpha value is -2.44. The second kappa shape index (κ2) is 4.68. The summed E-state index contributed by atoms with van der Waals surface area (Å²) in [5.74, 6) is -0.836. The minimum atomic E-state index is -0.750. The van der Waals surface area contributed by atoms with Gasteiger partial charge < -0.3 is 4.74 Å². The molecular weight excluding hydrogens is 252 g/mol. The molecule has 7 heteroatoms. The van der Waals surface area contributed by atoms with Crippen LogP contribution >= 0.6 is 0 Å². The van der Waals surface area contributed by atoms with Crippen molar-refractivity contribution in [1.29, 1.82) is 0 Å². The zero-order valence-corrected chi connectivity index (χ0v) is 10.5. The molecule has 0 saturated heterocycles. The van der Waals surface area contributed by atoms with Crippen molar-refractivity contribution >= 4 is 23.3 Å². The predicted molar refractivity (Wildman–Crippen MR) is 65.8 cm³/mol. The summed E-state index contributed by atoms with van der Waals surface area (Å²) in [6.07, 6.45) is 0.225. The second-order valence-electron chi connectivity index (χ2n) is 4.20. The van der Waals surface area contributed by atoms with Gasteiger partial charge in [0.25, 0.3) is 5.69 Å². The topological polar surface area (TPSA) is 89.8 Å². The Morgan fingerprint density at radius 1 is 1.47 bits per heavy atom. The number of amides is 1. The van der Waals surface area contributed by atoms with Gasteiger partial charge in [0, 0.05) is 31.2 Å². The predicted octanol–water partition coefficient (Wildman–Crippen LogP) is 1.05. The molecule has 0 bridgehead atoms. The van der Waals surface area contributed by atoms with Gasteiger partial charge in [0.15, 0.2) is 0 Å². The lowest BCUT2D eigenvalue weighted by molar-refractivity contribution is -0.384. The Kier molecular flexibility index (Phi) is 3.20. The maximum Gasteiger partial charge on any atom is 0.329 e. The number of fused-ring (bicyclic) bond motifs is 1. The van der Waals surface area contributed by atoms with Gasteiger partial charge in [-0.05, 0) is 11.6 Å². The van der Waals surface area contributed by atoms with Crippen LogP contribution in [0.4, 0.5) is 11.4 Å². The third-order valence-electron chi connectivity index (χ3n) is 3.07. The molecule has 1 unspecified atom stereocenters. The van der Waals surface area contributed by atoms with E-state index in [0.29, 0.717) is 11.3 Å². The van der Waals surface area contributed by atoms with E-state index in [2.05, 4.69) is 4.74 Å². The monoisotopic (exact) mass is 264 g/mol. The molecule has 2 rings (SSSR count). The number of methoxy groups -OCH3 is 1. The first-order valence-electron chi connectivity index (χ1n) is 5.60. The molecule has 1 aromatic rings. The standard InChI is InChI=1S/C12H12N2O5/c1-7(15)13-10-4-3-9(14(17)18)5-8(10)6-11(13)12(16)19-2/h3-5,11H,6H2,1-2H3. The molecule has 1 atom stereocenters. The molecule has 7 nitrogen and oxygen atoms in total. The minimum Gasteiger partial charge on any atom is -0.467 e. The summed E-state index contributed by atoms with van der Waals surface area (Å²) < 4.78 is 4.66. The Labute approximate surface area is 108 Å². The highest BCUT2D eigenvalue weighted by atomic mass is 16.6. The molecule has 1 aliphatic heterocycles. The average molecular weight is 264 g/mol. The van der Waals surface area contributed by atoms with E-state index in [1.807, 2.05) is 0 Å². The van der Waals surface area contributed by atoms with Crippen LogP contribution in [0.5, 0.6) is 0 Å². The number of ether oxygens (including phenoxy) is 1. The first-order valence-corrected chi connectivity index (χ1v) is 5.60. The number of hydrogen-bond acceptors (Lipinski definition) is 5. The number of nitro groups is 1. The molecule has 0 spiro atoms. The van der Waals surface area contributed by atoms with Gasteiger partial charge in [0.1, 0.15) is 6.04 Å². The average Bonchev–Trinajstić information content (AvgIpc) is 2.75. The third kappa shape index (κ3) is 2.14. The molecule has 0 aromatic heterocycles. The van der Waals surface area contributed by atoms with Crippen LogP contribution in [-0.4, -0.2) is 30.0 Å². The fraction of sp³-hybridized carbons (Fsp3) is 0.333. The van der Waals surface area contributed by atoms with E-state index in [4.69, 9.17) is 0 Å². The van der Waals surface area contributed by atoms with Crippen molar-refractivity contribution < 1.29 is 19.2 Å². The van der Waals surface area contributed by atoms with Crippen LogP contribution < -0.4 is 4.90 Å². The molecule has 0 radical (unpaired) electrons.